The maximum absolute atomic E-state index is 10.6. The summed E-state index contributed by atoms with van der Waals surface area (Å²) in [5, 5.41) is 20.1. The average Bonchev–Trinajstić information content (AvgIpc) is 3.02. The van der Waals surface area contributed by atoms with E-state index < -0.39 is 0 Å². The first-order valence-corrected chi connectivity index (χ1v) is 10.5. The van der Waals surface area contributed by atoms with Crippen molar-refractivity contribution in [2.24, 2.45) is 10.7 Å². The SMILES string of the molecule is C/C=c1/[nH]c(O)c(C(C)=NC(=N)/C=C\N)/c1=C/C(=C/CC)C(/C)=C(C)/C=C\CCC. The number of aliphatic imine (C=N–C) groups is 1. The van der Waals surface area contributed by atoms with E-state index >= 15 is 0 Å². The lowest BCUT2D eigenvalue weighted by Gasteiger charge is -2.07. The maximum Gasteiger partial charge on any atom is 0.198 e. The second-order valence-electron chi connectivity index (χ2n) is 7.12. The highest BCUT2D eigenvalue weighted by Crippen LogP contribution is 2.19. The third kappa shape index (κ3) is 6.76. The molecule has 0 aliphatic heterocycles. The highest BCUT2D eigenvalue weighted by molar-refractivity contribution is 6.09. The maximum atomic E-state index is 10.6. The molecule has 0 saturated carbocycles. The smallest absolute Gasteiger partial charge is 0.198 e. The molecule has 0 fully saturated rings. The lowest BCUT2D eigenvalue weighted by atomic mass is 9.98. The van der Waals surface area contributed by atoms with Gasteiger partial charge in [-0.3, -0.25) is 5.41 Å². The van der Waals surface area contributed by atoms with Crippen molar-refractivity contribution in [3.63, 3.8) is 0 Å². The standard InChI is InChI=1S/C25H36N4O/c1-7-10-11-13-17(4)18(5)20(12-8-2)16-21-22(9-3)29-25(30)24(21)19(6)28-23(27)14-15-26/h9,11-16,27,29-30H,7-8,10,26H2,1-6H3/b13-11-,15-14-,18-17+,20-12-,21-16+,22-9+,27-23?,28-19?. The number of hydrogen-bond donors (Lipinski definition) is 4. The summed E-state index contributed by atoms with van der Waals surface area (Å²) in [5.41, 5.74) is 9.99. The van der Waals surface area contributed by atoms with Crippen molar-refractivity contribution in [2.75, 3.05) is 0 Å². The molecule has 30 heavy (non-hydrogen) atoms. The van der Waals surface area contributed by atoms with Gasteiger partial charge >= 0.3 is 0 Å². The van der Waals surface area contributed by atoms with Gasteiger partial charge in [-0.05, 0) is 75.6 Å². The van der Waals surface area contributed by atoms with Crippen LogP contribution in [0.15, 0.2) is 52.2 Å². The fraction of sp³-hybridized carbons (Fsp3) is 0.360. The minimum Gasteiger partial charge on any atom is -0.494 e. The van der Waals surface area contributed by atoms with Crippen molar-refractivity contribution < 1.29 is 5.11 Å². The molecule has 162 valence electrons. The summed E-state index contributed by atoms with van der Waals surface area (Å²) >= 11 is 0. The van der Waals surface area contributed by atoms with E-state index in [-0.39, 0.29) is 11.7 Å². The first-order chi connectivity index (χ1) is 14.3. The van der Waals surface area contributed by atoms with Crippen LogP contribution in [0.2, 0.25) is 0 Å². The highest BCUT2D eigenvalue weighted by atomic mass is 16.3. The van der Waals surface area contributed by atoms with Crippen molar-refractivity contribution in [3.8, 4) is 5.88 Å². The van der Waals surface area contributed by atoms with Crippen molar-refractivity contribution >= 4 is 23.7 Å². The van der Waals surface area contributed by atoms with Crippen LogP contribution < -0.4 is 16.3 Å². The Morgan fingerprint density at radius 3 is 2.47 bits per heavy atom. The number of H-pyrrole nitrogens is 1. The zero-order valence-electron chi connectivity index (χ0n) is 19.1. The summed E-state index contributed by atoms with van der Waals surface area (Å²) in [6, 6.07) is 0. The Kier molecular flexibility index (Phi) is 10.4. The van der Waals surface area contributed by atoms with E-state index in [9.17, 15) is 5.11 Å². The molecule has 0 unspecified atom stereocenters. The lowest BCUT2D eigenvalue weighted by molar-refractivity contribution is 0.455. The number of aromatic amines is 1. The molecule has 0 aromatic carbocycles. The quantitative estimate of drug-likeness (QED) is 0.287. The molecule has 0 amide bonds. The van der Waals surface area contributed by atoms with Gasteiger partial charge in [-0.2, -0.15) is 0 Å². The van der Waals surface area contributed by atoms with Gasteiger partial charge in [0.2, 0.25) is 0 Å². The summed E-state index contributed by atoms with van der Waals surface area (Å²) in [7, 11) is 0. The summed E-state index contributed by atoms with van der Waals surface area (Å²) in [4.78, 5) is 7.29. The molecule has 0 saturated heterocycles. The van der Waals surface area contributed by atoms with Crippen LogP contribution in [0.1, 0.15) is 66.4 Å². The van der Waals surface area contributed by atoms with Gasteiger partial charge in [-0.15, -0.1) is 0 Å². The van der Waals surface area contributed by atoms with E-state index in [0.29, 0.717) is 11.3 Å². The first kappa shape index (κ1) is 25.0. The van der Waals surface area contributed by atoms with E-state index in [1.165, 1.54) is 23.4 Å². The van der Waals surface area contributed by atoms with E-state index in [2.05, 4.69) is 62.0 Å². The number of aromatic nitrogens is 1. The summed E-state index contributed by atoms with van der Waals surface area (Å²) in [5.74, 6) is 0.0676. The Morgan fingerprint density at radius 2 is 1.90 bits per heavy atom. The molecular formula is C25H36N4O. The molecular weight excluding hydrogens is 372 g/mol. The Hall–Kier alpha value is -3.08. The molecule has 0 aliphatic carbocycles. The minimum atomic E-state index is 0.0286. The topological polar surface area (TPSA) is 98.2 Å². The Balaban J connectivity index is 3.73. The molecule has 1 aromatic heterocycles. The minimum absolute atomic E-state index is 0.0286. The van der Waals surface area contributed by atoms with E-state index in [1.807, 2.05) is 13.0 Å². The van der Waals surface area contributed by atoms with E-state index in [1.54, 1.807) is 6.92 Å². The monoisotopic (exact) mass is 408 g/mol. The molecule has 0 radical (unpaired) electrons. The van der Waals surface area contributed by atoms with Crippen molar-refractivity contribution in [2.45, 2.75) is 60.8 Å². The molecule has 5 heteroatoms. The van der Waals surface area contributed by atoms with Crippen LogP contribution in [0.25, 0.3) is 12.2 Å². The van der Waals surface area contributed by atoms with Gasteiger partial charge in [0.25, 0.3) is 0 Å². The largest absolute Gasteiger partial charge is 0.494 e. The molecule has 0 bridgehead atoms. The number of amidine groups is 1. The van der Waals surface area contributed by atoms with Gasteiger partial charge in [0.15, 0.2) is 5.88 Å². The zero-order valence-corrected chi connectivity index (χ0v) is 19.1. The molecule has 1 rings (SSSR count). The number of nitrogens with two attached hydrogens (primary N) is 1. The lowest BCUT2D eigenvalue weighted by Crippen LogP contribution is -2.27. The van der Waals surface area contributed by atoms with Crippen molar-refractivity contribution in [1.82, 2.24) is 4.98 Å². The third-order valence-corrected chi connectivity index (χ3v) is 4.81. The normalized spacial score (nSPS) is 15.5. The molecule has 1 aromatic rings. The van der Waals surface area contributed by atoms with Crippen LogP contribution in [-0.4, -0.2) is 21.6 Å². The van der Waals surface area contributed by atoms with Gasteiger partial charge in [0, 0.05) is 10.6 Å². The summed E-state index contributed by atoms with van der Waals surface area (Å²) < 4.78 is 0. The zero-order chi connectivity index (χ0) is 22.7. The number of nitrogens with zero attached hydrogens (tertiary/aromatic N) is 1. The number of aromatic hydroxyl groups is 1. The van der Waals surface area contributed by atoms with Gasteiger partial charge < -0.3 is 15.8 Å². The van der Waals surface area contributed by atoms with Crippen molar-refractivity contribution in [1.29, 1.82) is 5.41 Å². The molecule has 0 aliphatic rings. The van der Waals surface area contributed by atoms with Crippen molar-refractivity contribution in [3.05, 3.63) is 63.4 Å². The van der Waals surface area contributed by atoms with Crippen LogP contribution in [0.5, 0.6) is 5.88 Å². The van der Waals surface area contributed by atoms with Crippen LogP contribution >= 0.6 is 0 Å². The predicted molar refractivity (Wildman–Crippen MR) is 130 cm³/mol. The van der Waals surface area contributed by atoms with Gasteiger partial charge in [-0.1, -0.05) is 44.6 Å². The highest BCUT2D eigenvalue weighted by Gasteiger charge is 2.12. The van der Waals surface area contributed by atoms with E-state index in [0.717, 1.165) is 35.4 Å². The second-order valence-corrected chi connectivity index (χ2v) is 7.12. The molecule has 1 heterocycles. The number of unbranched alkanes of at least 4 members (excludes halogenated alkanes) is 1. The molecule has 0 atom stereocenters. The van der Waals surface area contributed by atoms with Crippen LogP contribution in [0.4, 0.5) is 0 Å². The number of nitrogens with one attached hydrogen (secondary N) is 2. The van der Waals surface area contributed by atoms with Crippen LogP contribution in [-0.2, 0) is 0 Å². The average molecular weight is 409 g/mol. The van der Waals surface area contributed by atoms with Crippen LogP contribution in [0, 0.1) is 5.41 Å². The summed E-state index contributed by atoms with van der Waals surface area (Å²) in [6.45, 7) is 12.2. The predicted octanol–water partition coefficient (Wildman–Crippen LogP) is 4.59. The Bertz CT molecular complexity index is 1010. The number of hydrogen-bond acceptors (Lipinski definition) is 3. The fourth-order valence-corrected chi connectivity index (χ4v) is 3.10. The molecule has 5 nitrogen and oxygen atoms in total. The van der Waals surface area contributed by atoms with Gasteiger partial charge in [0.1, 0.15) is 5.84 Å². The molecule has 5 N–H and O–H groups in total. The fourth-order valence-electron chi connectivity index (χ4n) is 3.10. The first-order valence-electron chi connectivity index (χ1n) is 10.5. The van der Waals surface area contributed by atoms with Crippen LogP contribution in [0.3, 0.4) is 0 Å². The van der Waals surface area contributed by atoms with E-state index in [4.69, 9.17) is 11.1 Å². The molecule has 0 spiro atoms. The summed E-state index contributed by atoms with van der Waals surface area (Å²) in [6.07, 6.45) is 16.3. The third-order valence-electron chi connectivity index (χ3n) is 4.81. The van der Waals surface area contributed by atoms with Gasteiger partial charge in [-0.25, -0.2) is 4.99 Å². The number of rotatable bonds is 8. The Morgan fingerprint density at radius 1 is 1.20 bits per heavy atom. The van der Waals surface area contributed by atoms with Gasteiger partial charge in [0.05, 0.1) is 11.3 Å². The number of allylic oxidation sites excluding steroid dienone is 6. The Labute approximate surface area is 180 Å². The second kappa shape index (κ2) is 12.5.